The van der Waals surface area contributed by atoms with Crippen molar-refractivity contribution in [3.8, 4) is 0 Å². The molecule has 5 heteroatoms. The van der Waals surface area contributed by atoms with Crippen molar-refractivity contribution in [2.24, 2.45) is 0 Å². The molecule has 0 saturated heterocycles. The SMILES string of the molecule is CNc1cc(I)ccc1[N+](=O)[O-]. The Bertz CT molecular complexity index is 314. The molecular weight excluding hydrogens is 271 g/mol. The van der Waals surface area contributed by atoms with E-state index in [1.807, 2.05) is 0 Å². The molecule has 0 atom stereocenters. The lowest BCUT2D eigenvalue weighted by Gasteiger charge is -2.01. The second-order valence-corrected chi connectivity index (χ2v) is 3.41. The van der Waals surface area contributed by atoms with Gasteiger partial charge in [-0.3, -0.25) is 10.1 Å². The van der Waals surface area contributed by atoms with Crippen LogP contribution >= 0.6 is 22.6 Å². The first kappa shape index (κ1) is 9.24. The van der Waals surface area contributed by atoms with Crippen LogP contribution in [0.2, 0.25) is 0 Å². The summed E-state index contributed by atoms with van der Waals surface area (Å²) >= 11 is 2.11. The van der Waals surface area contributed by atoms with Gasteiger partial charge in [0, 0.05) is 16.7 Å². The number of hydrogen-bond acceptors (Lipinski definition) is 3. The summed E-state index contributed by atoms with van der Waals surface area (Å²) in [6.45, 7) is 0. The quantitative estimate of drug-likeness (QED) is 0.512. The maximum absolute atomic E-state index is 10.5. The molecule has 64 valence electrons. The van der Waals surface area contributed by atoms with Crippen LogP contribution in [0.15, 0.2) is 18.2 Å². The summed E-state index contributed by atoms with van der Waals surface area (Å²) in [7, 11) is 1.67. The summed E-state index contributed by atoms with van der Waals surface area (Å²) in [4.78, 5) is 10.1. The zero-order valence-electron chi connectivity index (χ0n) is 6.37. The van der Waals surface area contributed by atoms with Crippen molar-refractivity contribution in [1.29, 1.82) is 0 Å². The van der Waals surface area contributed by atoms with Crippen LogP contribution in [0.4, 0.5) is 11.4 Å². The van der Waals surface area contributed by atoms with Gasteiger partial charge in [0.25, 0.3) is 5.69 Å². The number of benzene rings is 1. The fraction of sp³-hybridized carbons (Fsp3) is 0.143. The minimum atomic E-state index is -0.401. The normalized spacial score (nSPS) is 9.50. The number of nitro benzene ring substituents is 1. The standard InChI is InChI=1S/C7H7IN2O2/c1-9-6-4-5(8)2-3-7(6)10(11)12/h2-4,9H,1H3. The molecule has 0 fully saturated rings. The van der Waals surface area contributed by atoms with E-state index in [9.17, 15) is 10.1 Å². The summed E-state index contributed by atoms with van der Waals surface area (Å²) < 4.78 is 0.975. The second kappa shape index (κ2) is 3.70. The molecule has 1 N–H and O–H groups in total. The van der Waals surface area contributed by atoms with Gasteiger partial charge in [-0.05, 0) is 34.7 Å². The first-order valence-electron chi connectivity index (χ1n) is 3.27. The number of halogens is 1. The van der Waals surface area contributed by atoms with E-state index < -0.39 is 4.92 Å². The molecule has 1 rings (SSSR count). The van der Waals surface area contributed by atoms with Crippen molar-refractivity contribution >= 4 is 34.0 Å². The van der Waals surface area contributed by atoms with Gasteiger partial charge in [-0.15, -0.1) is 0 Å². The molecule has 0 aromatic heterocycles. The van der Waals surface area contributed by atoms with Crippen molar-refractivity contribution < 1.29 is 4.92 Å². The van der Waals surface area contributed by atoms with Crippen LogP contribution in [-0.2, 0) is 0 Å². The third-order valence-electron chi connectivity index (χ3n) is 1.42. The van der Waals surface area contributed by atoms with Crippen LogP contribution < -0.4 is 5.32 Å². The number of nitrogens with one attached hydrogen (secondary N) is 1. The van der Waals surface area contributed by atoms with Gasteiger partial charge in [-0.25, -0.2) is 0 Å². The molecule has 0 spiro atoms. The zero-order chi connectivity index (χ0) is 9.14. The Kier molecular flexibility index (Phi) is 2.85. The van der Waals surface area contributed by atoms with E-state index in [1.165, 1.54) is 6.07 Å². The molecule has 0 aliphatic rings. The van der Waals surface area contributed by atoms with Crippen molar-refractivity contribution in [1.82, 2.24) is 0 Å². The van der Waals surface area contributed by atoms with Crippen LogP contribution in [0.1, 0.15) is 0 Å². The monoisotopic (exact) mass is 278 g/mol. The van der Waals surface area contributed by atoms with Crippen LogP contribution in [0, 0.1) is 13.7 Å². The van der Waals surface area contributed by atoms with Gasteiger partial charge in [0.05, 0.1) is 4.92 Å². The summed E-state index contributed by atoms with van der Waals surface area (Å²) in [5.41, 5.74) is 0.657. The highest BCUT2D eigenvalue weighted by Crippen LogP contribution is 2.25. The molecule has 0 unspecified atom stereocenters. The van der Waals surface area contributed by atoms with E-state index in [1.54, 1.807) is 19.2 Å². The molecule has 0 saturated carbocycles. The molecule has 0 heterocycles. The summed E-state index contributed by atoms with van der Waals surface area (Å²) in [5.74, 6) is 0. The van der Waals surface area contributed by atoms with E-state index in [4.69, 9.17) is 0 Å². The van der Waals surface area contributed by atoms with E-state index >= 15 is 0 Å². The highest BCUT2D eigenvalue weighted by Gasteiger charge is 2.11. The fourth-order valence-corrected chi connectivity index (χ4v) is 1.36. The molecule has 0 radical (unpaired) electrons. The maximum atomic E-state index is 10.5. The van der Waals surface area contributed by atoms with Gasteiger partial charge >= 0.3 is 0 Å². The zero-order valence-corrected chi connectivity index (χ0v) is 8.53. The van der Waals surface area contributed by atoms with Gasteiger partial charge in [-0.1, -0.05) is 0 Å². The number of nitrogens with zero attached hydrogens (tertiary/aromatic N) is 1. The van der Waals surface area contributed by atoms with Crippen molar-refractivity contribution in [3.63, 3.8) is 0 Å². The Morgan fingerprint density at radius 1 is 1.58 bits per heavy atom. The predicted octanol–water partition coefficient (Wildman–Crippen LogP) is 2.24. The molecular formula is C7H7IN2O2. The van der Waals surface area contributed by atoms with E-state index in [-0.39, 0.29) is 5.69 Å². The lowest BCUT2D eigenvalue weighted by atomic mass is 10.3. The average Bonchev–Trinajstić information content (AvgIpc) is 2.03. The average molecular weight is 278 g/mol. The Hall–Kier alpha value is -0.850. The van der Waals surface area contributed by atoms with Crippen molar-refractivity contribution in [2.45, 2.75) is 0 Å². The third-order valence-corrected chi connectivity index (χ3v) is 2.10. The van der Waals surface area contributed by atoms with Gasteiger partial charge < -0.3 is 5.32 Å². The van der Waals surface area contributed by atoms with Crippen LogP contribution in [0.5, 0.6) is 0 Å². The van der Waals surface area contributed by atoms with Crippen molar-refractivity contribution in [2.75, 3.05) is 12.4 Å². The Labute approximate surface area is 83.3 Å². The Morgan fingerprint density at radius 2 is 2.25 bits per heavy atom. The summed E-state index contributed by atoms with van der Waals surface area (Å²) in [6, 6.07) is 4.94. The lowest BCUT2D eigenvalue weighted by Crippen LogP contribution is -1.96. The maximum Gasteiger partial charge on any atom is 0.292 e. The molecule has 0 bridgehead atoms. The largest absolute Gasteiger partial charge is 0.383 e. The van der Waals surface area contributed by atoms with Gasteiger partial charge in [0.1, 0.15) is 5.69 Å². The van der Waals surface area contributed by atoms with E-state index in [0.717, 1.165) is 3.57 Å². The van der Waals surface area contributed by atoms with Crippen LogP contribution in [0.3, 0.4) is 0 Å². The second-order valence-electron chi connectivity index (χ2n) is 2.17. The molecule has 4 nitrogen and oxygen atoms in total. The smallest absolute Gasteiger partial charge is 0.292 e. The summed E-state index contributed by atoms with van der Waals surface area (Å²) in [5, 5.41) is 13.2. The minimum absolute atomic E-state index is 0.109. The predicted molar refractivity (Wildman–Crippen MR) is 55.4 cm³/mol. The lowest BCUT2D eigenvalue weighted by molar-refractivity contribution is -0.384. The third kappa shape index (κ3) is 1.84. The number of rotatable bonds is 2. The molecule has 0 amide bonds. The number of nitro groups is 1. The van der Waals surface area contributed by atoms with Crippen molar-refractivity contribution in [3.05, 3.63) is 31.9 Å². The van der Waals surface area contributed by atoms with Gasteiger partial charge in [-0.2, -0.15) is 0 Å². The highest BCUT2D eigenvalue weighted by atomic mass is 127. The first-order valence-corrected chi connectivity index (χ1v) is 4.34. The van der Waals surface area contributed by atoms with Crippen LogP contribution in [0.25, 0.3) is 0 Å². The Balaban J connectivity index is 3.20. The molecule has 12 heavy (non-hydrogen) atoms. The number of hydrogen-bond donors (Lipinski definition) is 1. The molecule has 0 aliphatic carbocycles. The molecule has 1 aromatic rings. The van der Waals surface area contributed by atoms with Gasteiger partial charge in [0.15, 0.2) is 0 Å². The van der Waals surface area contributed by atoms with E-state index in [0.29, 0.717) is 5.69 Å². The first-order chi connectivity index (χ1) is 5.65. The number of anilines is 1. The topological polar surface area (TPSA) is 55.2 Å². The fourth-order valence-electron chi connectivity index (χ4n) is 0.868. The Morgan fingerprint density at radius 3 is 2.75 bits per heavy atom. The highest BCUT2D eigenvalue weighted by molar-refractivity contribution is 14.1. The van der Waals surface area contributed by atoms with Gasteiger partial charge in [0.2, 0.25) is 0 Å². The minimum Gasteiger partial charge on any atom is -0.383 e. The van der Waals surface area contributed by atoms with E-state index in [2.05, 4.69) is 27.9 Å². The van der Waals surface area contributed by atoms with Crippen LogP contribution in [-0.4, -0.2) is 12.0 Å². The molecule has 1 aromatic carbocycles. The molecule has 0 aliphatic heterocycles. The summed E-state index contributed by atoms with van der Waals surface area (Å²) in [6.07, 6.45) is 0.